The van der Waals surface area contributed by atoms with Gasteiger partial charge in [-0.15, -0.1) is 0 Å². The predicted octanol–water partition coefficient (Wildman–Crippen LogP) is 3.72. The molecule has 0 fully saturated rings. The van der Waals surface area contributed by atoms with E-state index < -0.39 is 0 Å². The average Bonchev–Trinajstić information content (AvgIpc) is 3.11. The van der Waals surface area contributed by atoms with Crippen LogP contribution in [-0.2, 0) is 4.79 Å². The van der Waals surface area contributed by atoms with E-state index in [9.17, 15) is 9.90 Å². The summed E-state index contributed by atoms with van der Waals surface area (Å²) in [5.41, 5.74) is 2.27. The molecule has 0 aliphatic carbocycles. The molecule has 2 aromatic carbocycles. The number of fused-ring (bicyclic) bond motifs is 1. The molecule has 0 saturated carbocycles. The molecule has 2 N–H and O–H groups in total. The summed E-state index contributed by atoms with van der Waals surface area (Å²) in [6.45, 7) is 0. The molecule has 8 heteroatoms. The molecule has 0 spiro atoms. The maximum Gasteiger partial charge on any atom is 0.226 e. The van der Waals surface area contributed by atoms with Gasteiger partial charge in [0.15, 0.2) is 11.5 Å². The van der Waals surface area contributed by atoms with Crippen molar-refractivity contribution in [2.24, 2.45) is 0 Å². The summed E-state index contributed by atoms with van der Waals surface area (Å²) >= 11 is 6.11. The Balaban J connectivity index is 1.84. The Bertz CT molecular complexity index is 1040. The second kappa shape index (κ2) is 7.09. The monoisotopic (exact) mass is 399 g/mol. The number of carbonyl (C=O) groups excluding carboxylic acids is 1. The summed E-state index contributed by atoms with van der Waals surface area (Å²) in [7, 11) is 2.93. The number of phenolic OH excluding ortho intramolecular Hbond substituents is 1. The first kappa shape index (κ1) is 18.2. The second-order valence-corrected chi connectivity index (χ2v) is 6.84. The summed E-state index contributed by atoms with van der Waals surface area (Å²) in [4.78, 5) is 17.0. The van der Waals surface area contributed by atoms with Gasteiger partial charge in [0.25, 0.3) is 0 Å². The van der Waals surface area contributed by atoms with Gasteiger partial charge in [0.1, 0.15) is 12.1 Å². The van der Waals surface area contributed by atoms with E-state index >= 15 is 0 Å². The van der Waals surface area contributed by atoms with E-state index in [1.54, 1.807) is 35.2 Å². The lowest BCUT2D eigenvalue weighted by Gasteiger charge is -2.24. The Morgan fingerprint density at radius 2 is 1.93 bits per heavy atom. The molecule has 7 nitrogen and oxygen atoms in total. The third kappa shape index (κ3) is 3.03. The lowest BCUT2D eigenvalue weighted by Crippen LogP contribution is -2.25. The minimum atomic E-state index is -0.312. The molecule has 0 bridgehead atoms. The van der Waals surface area contributed by atoms with Crippen molar-refractivity contribution in [3.05, 3.63) is 59.0 Å². The molecular weight excluding hydrogens is 382 g/mol. The number of rotatable bonds is 4. The number of carbonyl (C=O) groups is 1. The number of anilines is 1. The zero-order valence-corrected chi connectivity index (χ0v) is 16.0. The molecule has 4 rings (SSSR count). The number of ether oxygens (including phenoxy) is 2. The van der Waals surface area contributed by atoms with Crippen molar-refractivity contribution in [3.63, 3.8) is 0 Å². The number of aromatic hydroxyl groups is 1. The van der Waals surface area contributed by atoms with Crippen molar-refractivity contribution >= 4 is 23.3 Å². The molecule has 0 unspecified atom stereocenters. The highest BCUT2D eigenvalue weighted by molar-refractivity contribution is 6.30. The number of amides is 1. The van der Waals surface area contributed by atoms with Gasteiger partial charge in [-0.2, -0.15) is 0 Å². The third-order valence-corrected chi connectivity index (χ3v) is 5.00. The summed E-state index contributed by atoms with van der Waals surface area (Å²) < 4.78 is 12.3. The lowest BCUT2D eigenvalue weighted by molar-refractivity contribution is -0.116. The summed E-state index contributed by atoms with van der Waals surface area (Å²) in [5, 5.41) is 13.7. The third-order valence-electron chi connectivity index (χ3n) is 4.76. The smallest absolute Gasteiger partial charge is 0.226 e. The van der Waals surface area contributed by atoms with Crippen LogP contribution in [0.3, 0.4) is 0 Å². The van der Waals surface area contributed by atoms with E-state index in [1.165, 1.54) is 14.2 Å². The molecule has 1 atom stereocenters. The number of hydrogen-bond donors (Lipinski definition) is 2. The van der Waals surface area contributed by atoms with E-state index in [1.807, 2.05) is 12.1 Å². The molecule has 1 amide bonds. The van der Waals surface area contributed by atoms with E-state index in [4.69, 9.17) is 21.1 Å². The minimum Gasteiger partial charge on any atom is -0.502 e. The number of hydrogen-bond acceptors (Lipinski definition) is 5. The SMILES string of the molecule is COc1cc([C@H]2CC(=O)Nc3c2ncn3-c2cccc(Cl)c2)cc(OC)c1O. The fourth-order valence-corrected chi connectivity index (χ4v) is 3.60. The number of phenols is 1. The average molecular weight is 400 g/mol. The Labute approximate surface area is 166 Å². The van der Waals surface area contributed by atoms with Crippen LogP contribution in [0.15, 0.2) is 42.7 Å². The fraction of sp³-hybridized carbons (Fsp3) is 0.200. The van der Waals surface area contributed by atoms with Crippen molar-refractivity contribution < 1.29 is 19.4 Å². The van der Waals surface area contributed by atoms with Crippen LogP contribution >= 0.6 is 11.6 Å². The summed E-state index contributed by atoms with van der Waals surface area (Å²) in [5.74, 6) is 0.611. The Kier molecular flexibility index (Phi) is 4.60. The van der Waals surface area contributed by atoms with Crippen LogP contribution in [0, 0.1) is 0 Å². The normalized spacial score (nSPS) is 15.7. The van der Waals surface area contributed by atoms with Gasteiger partial charge in [-0.05, 0) is 35.9 Å². The first-order valence-electron chi connectivity index (χ1n) is 8.59. The Morgan fingerprint density at radius 1 is 1.21 bits per heavy atom. The van der Waals surface area contributed by atoms with Gasteiger partial charge >= 0.3 is 0 Å². The predicted molar refractivity (Wildman–Crippen MR) is 105 cm³/mol. The van der Waals surface area contributed by atoms with Crippen molar-refractivity contribution in [1.82, 2.24) is 9.55 Å². The summed E-state index contributed by atoms with van der Waals surface area (Å²) in [6, 6.07) is 10.7. The van der Waals surface area contributed by atoms with Gasteiger partial charge in [0, 0.05) is 23.0 Å². The molecule has 1 aliphatic heterocycles. The molecule has 2 heterocycles. The molecule has 3 aromatic rings. The highest BCUT2D eigenvalue weighted by Crippen LogP contribution is 2.44. The minimum absolute atomic E-state index is 0.0845. The number of nitrogens with zero attached hydrogens (tertiary/aromatic N) is 2. The largest absolute Gasteiger partial charge is 0.502 e. The fourth-order valence-electron chi connectivity index (χ4n) is 3.42. The van der Waals surface area contributed by atoms with Gasteiger partial charge in [0.2, 0.25) is 11.7 Å². The highest BCUT2D eigenvalue weighted by atomic mass is 35.5. The Morgan fingerprint density at radius 3 is 2.57 bits per heavy atom. The zero-order valence-electron chi connectivity index (χ0n) is 15.3. The van der Waals surface area contributed by atoms with Crippen LogP contribution < -0.4 is 14.8 Å². The van der Waals surface area contributed by atoms with Crippen LogP contribution in [0.5, 0.6) is 17.2 Å². The van der Waals surface area contributed by atoms with Gasteiger partial charge in [-0.1, -0.05) is 17.7 Å². The maximum absolute atomic E-state index is 12.4. The van der Waals surface area contributed by atoms with E-state index in [0.29, 0.717) is 10.8 Å². The molecule has 144 valence electrons. The first-order valence-corrected chi connectivity index (χ1v) is 8.97. The first-order chi connectivity index (χ1) is 13.5. The second-order valence-electron chi connectivity index (χ2n) is 6.41. The van der Waals surface area contributed by atoms with Crippen LogP contribution in [0.2, 0.25) is 5.02 Å². The quantitative estimate of drug-likeness (QED) is 0.698. The van der Waals surface area contributed by atoms with Gasteiger partial charge in [-0.25, -0.2) is 4.98 Å². The topological polar surface area (TPSA) is 85.6 Å². The van der Waals surface area contributed by atoms with Crippen LogP contribution in [-0.4, -0.2) is 34.8 Å². The number of halogens is 1. The molecule has 0 saturated heterocycles. The zero-order chi connectivity index (χ0) is 19.8. The highest BCUT2D eigenvalue weighted by Gasteiger charge is 2.32. The lowest BCUT2D eigenvalue weighted by atomic mass is 9.89. The van der Waals surface area contributed by atoms with Crippen molar-refractivity contribution in [2.75, 3.05) is 19.5 Å². The van der Waals surface area contributed by atoms with Crippen molar-refractivity contribution in [1.29, 1.82) is 0 Å². The van der Waals surface area contributed by atoms with Crippen LogP contribution in [0.4, 0.5) is 5.82 Å². The number of imidazole rings is 1. The standard InChI is InChI=1S/C20H18ClN3O4/c1-27-15-6-11(7-16(28-2)19(15)26)14-9-17(25)23-20-18(14)22-10-24(20)13-5-3-4-12(21)8-13/h3-8,10,14,26H,9H2,1-2H3,(H,23,25)/t14-/m1/s1. The Hall–Kier alpha value is -3.19. The molecule has 1 aromatic heterocycles. The van der Waals surface area contributed by atoms with Crippen molar-refractivity contribution in [3.8, 4) is 22.9 Å². The van der Waals surface area contributed by atoms with Gasteiger partial charge < -0.3 is 19.9 Å². The van der Waals surface area contributed by atoms with Crippen molar-refractivity contribution in [2.45, 2.75) is 12.3 Å². The molecular formula is C20H18ClN3O4. The molecule has 0 radical (unpaired) electrons. The molecule has 28 heavy (non-hydrogen) atoms. The van der Waals surface area contributed by atoms with E-state index in [-0.39, 0.29) is 35.5 Å². The summed E-state index contributed by atoms with van der Waals surface area (Å²) in [6.07, 6.45) is 1.88. The number of nitrogens with one attached hydrogen (secondary N) is 1. The maximum atomic E-state index is 12.4. The van der Waals surface area contributed by atoms with E-state index in [0.717, 1.165) is 16.9 Å². The van der Waals surface area contributed by atoms with E-state index in [2.05, 4.69) is 10.3 Å². The number of aromatic nitrogens is 2. The van der Waals surface area contributed by atoms with Gasteiger partial charge in [-0.3, -0.25) is 9.36 Å². The van der Waals surface area contributed by atoms with Crippen LogP contribution in [0.1, 0.15) is 23.6 Å². The number of methoxy groups -OCH3 is 2. The van der Waals surface area contributed by atoms with Gasteiger partial charge in [0.05, 0.1) is 19.9 Å². The van der Waals surface area contributed by atoms with Crippen LogP contribution in [0.25, 0.3) is 5.69 Å². The molecule has 1 aliphatic rings. The number of benzene rings is 2.